The lowest BCUT2D eigenvalue weighted by atomic mass is 10.2. The van der Waals surface area contributed by atoms with Gasteiger partial charge in [0.15, 0.2) is 11.9 Å². The van der Waals surface area contributed by atoms with Crippen LogP contribution in [0.4, 0.5) is 5.82 Å². The van der Waals surface area contributed by atoms with Gasteiger partial charge in [-0.1, -0.05) is 0 Å². The quantitative estimate of drug-likeness (QED) is 0.609. The Bertz CT molecular complexity index is 455. The number of aromatic carboxylic acids is 1. The fraction of sp³-hybridized carbons (Fsp3) is 0.333. The van der Waals surface area contributed by atoms with E-state index in [1.807, 2.05) is 0 Å². The van der Waals surface area contributed by atoms with Gasteiger partial charge in [-0.3, -0.25) is 0 Å². The molecule has 0 saturated heterocycles. The zero-order valence-corrected chi connectivity index (χ0v) is 8.12. The molecule has 1 aliphatic rings. The zero-order valence-electron chi connectivity index (χ0n) is 8.12. The molecule has 7 heteroatoms. The molecule has 0 atom stereocenters. The van der Waals surface area contributed by atoms with Crippen molar-refractivity contribution in [2.45, 2.75) is 18.9 Å². The summed E-state index contributed by atoms with van der Waals surface area (Å²) in [6.07, 6.45) is 2.84. The largest absolute Gasteiger partial charge is 0.486 e. The smallest absolute Gasteiger partial charge is 0.364 e. The highest BCUT2D eigenvalue weighted by atomic mass is 16.6. The van der Waals surface area contributed by atoms with Crippen molar-refractivity contribution in [3.63, 3.8) is 0 Å². The van der Waals surface area contributed by atoms with E-state index in [-0.39, 0.29) is 17.4 Å². The van der Waals surface area contributed by atoms with Gasteiger partial charge in [-0.25, -0.2) is 4.79 Å². The number of carboxylic acid groups (broad SMARTS) is 1. The number of hydrogen-bond acceptors (Lipinski definition) is 5. The summed E-state index contributed by atoms with van der Waals surface area (Å²) < 4.78 is 5.29. The molecular formula is C9H8N2O5. The first-order valence-corrected chi connectivity index (χ1v) is 4.62. The van der Waals surface area contributed by atoms with Crippen LogP contribution in [0.5, 0.6) is 5.75 Å². The Morgan fingerprint density at radius 1 is 1.62 bits per heavy atom. The van der Waals surface area contributed by atoms with Gasteiger partial charge < -0.3 is 20.0 Å². The predicted molar refractivity (Wildman–Crippen MR) is 51.5 cm³/mol. The minimum Gasteiger partial charge on any atom is -0.486 e. The Hall–Kier alpha value is -2.18. The van der Waals surface area contributed by atoms with Gasteiger partial charge in [0, 0.05) is 0 Å². The molecule has 1 fully saturated rings. The maximum Gasteiger partial charge on any atom is 0.364 e. The Kier molecular flexibility index (Phi) is 2.43. The lowest BCUT2D eigenvalue weighted by molar-refractivity contribution is -0.389. The summed E-state index contributed by atoms with van der Waals surface area (Å²) in [4.78, 5) is 24.1. The molecule has 0 spiro atoms. The van der Waals surface area contributed by atoms with Gasteiger partial charge in [0.25, 0.3) is 0 Å². The normalized spacial score (nSPS) is 14.5. The first-order valence-electron chi connectivity index (χ1n) is 4.62. The van der Waals surface area contributed by atoms with E-state index in [9.17, 15) is 14.9 Å². The van der Waals surface area contributed by atoms with Crippen LogP contribution in [0.3, 0.4) is 0 Å². The number of pyridine rings is 1. The van der Waals surface area contributed by atoms with Crippen LogP contribution in [0.1, 0.15) is 23.2 Å². The fourth-order valence-corrected chi connectivity index (χ4v) is 1.16. The van der Waals surface area contributed by atoms with Crippen molar-refractivity contribution in [1.82, 2.24) is 4.98 Å². The molecule has 84 valence electrons. The second kappa shape index (κ2) is 3.76. The molecule has 16 heavy (non-hydrogen) atoms. The highest BCUT2D eigenvalue weighted by molar-refractivity contribution is 5.91. The van der Waals surface area contributed by atoms with Crippen molar-refractivity contribution < 1.29 is 19.6 Å². The number of carbonyl (C=O) groups is 1. The van der Waals surface area contributed by atoms with Crippen molar-refractivity contribution in [1.29, 1.82) is 0 Å². The van der Waals surface area contributed by atoms with E-state index in [0.29, 0.717) is 0 Å². The lowest BCUT2D eigenvalue weighted by Gasteiger charge is -2.05. The Morgan fingerprint density at radius 2 is 2.31 bits per heavy atom. The Labute approximate surface area is 89.8 Å². The molecule has 2 rings (SSSR count). The van der Waals surface area contributed by atoms with E-state index >= 15 is 0 Å². The summed E-state index contributed by atoms with van der Waals surface area (Å²) >= 11 is 0. The van der Waals surface area contributed by atoms with E-state index in [4.69, 9.17) is 9.84 Å². The third-order valence-electron chi connectivity index (χ3n) is 2.09. The summed E-state index contributed by atoms with van der Waals surface area (Å²) in [5, 5.41) is 19.3. The number of aromatic nitrogens is 1. The number of hydrogen-bond donors (Lipinski definition) is 1. The number of rotatable bonds is 4. The lowest BCUT2D eigenvalue weighted by Crippen LogP contribution is -2.06. The van der Waals surface area contributed by atoms with Gasteiger partial charge in [0.05, 0.1) is 12.2 Å². The minimum absolute atomic E-state index is 0.0151. The summed E-state index contributed by atoms with van der Waals surface area (Å²) in [6.45, 7) is 0. The van der Waals surface area contributed by atoms with E-state index in [0.717, 1.165) is 25.1 Å². The summed E-state index contributed by atoms with van der Waals surface area (Å²) in [5.41, 5.74) is -0.228. The van der Waals surface area contributed by atoms with Crippen LogP contribution in [0.25, 0.3) is 0 Å². The topological polar surface area (TPSA) is 103 Å². The SMILES string of the molecule is O=C(O)c1cc([N+](=O)[O-])ncc1OC1CC1. The monoisotopic (exact) mass is 224 g/mol. The second-order valence-corrected chi connectivity index (χ2v) is 3.42. The number of carboxylic acids is 1. The van der Waals surface area contributed by atoms with Crippen LogP contribution in [-0.4, -0.2) is 27.1 Å². The Morgan fingerprint density at radius 3 is 2.81 bits per heavy atom. The molecule has 1 aromatic heterocycles. The van der Waals surface area contributed by atoms with Gasteiger partial charge in [0.2, 0.25) is 0 Å². The molecule has 1 heterocycles. The molecule has 1 N–H and O–H groups in total. The van der Waals surface area contributed by atoms with Crippen LogP contribution < -0.4 is 4.74 Å². The molecule has 0 unspecified atom stereocenters. The summed E-state index contributed by atoms with van der Waals surface area (Å²) in [6, 6.07) is 0.903. The van der Waals surface area contributed by atoms with Crippen molar-refractivity contribution in [2.24, 2.45) is 0 Å². The standard InChI is InChI=1S/C9H8N2O5/c12-9(13)6-3-8(11(14)15)10-4-7(6)16-5-1-2-5/h3-5H,1-2H2,(H,12,13). The van der Waals surface area contributed by atoms with Gasteiger partial charge in [-0.2, -0.15) is 0 Å². The average molecular weight is 224 g/mol. The van der Waals surface area contributed by atoms with Crippen LogP contribution >= 0.6 is 0 Å². The summed E-state index contributed by atoms with van der Waals surface area (Å²) in [7, 11) is 0. The highest BCUT2D eigenvalue weighted by Crippen LogP contribution is 2.29. The molecule has 0 aliphatic heterocycles. The van der Waals surface area contributed by atoms with Crippen LogP contribution in [0, 0.1) is 10.1 Å². The molecule has 0 amide bonds. The maximum absolute atomic E-state index is 10.9. The summed E-state index contributed by atoms with van der Waals surface area (Å²) in [5.74, 6) is -1.68. The molecular weight excluding hydrogens is 216 g/mol. The zero-order chi connectivity index (χ0) is 11.7. The van der Waals surface area contributed by atoms with Crippen molar-refractivity contribution in [2.75, 3.05) is 0 Å². The van der Waals surface area contributed by atoms with E-state index in [1.54, 1.807) is 0 Å². The van der Waals surface area contributed by atoms with Crippen LogP contribution in [0.15, 0.2) is 12.3 Å². The van der Waals surface area contributed by atoms with E-state index < -0.39 is 16.7 Å². The second-order valence-electron chi connectivity index (χ2n) is 3.42. The number of nitrogens with zero attached hydrogens (tertiary/aromatic N) is 2. The van der Waals surface area contributed by atoms with Gasteiger partial charge in [0.1, 0.15) is 5.56 Å². The molecule has 1 saturated carbocycles. The molecule has 7 nitrogen and oxygen atoms in total. The highest BCUT2D eigenvalue weighted by Gasteiger charge is 2.27. The molecule has 1 aliphatic carbocycles. The number of nitro groups is 1. The first-order chi connectivity index (χ1) is 7.58. The maximum atomic E-state index is 10.9. The third-order valence-corrected chi connectivity index (χ3v) is 2.09. The predicted octanol–water partition coefficient (Wildman–Crippen LogP) is 1.23. The molecule has 1 aromatic rings. The van der Waals surface area contributed by atoms with Crippen molar-refractivity contribution in [3.05, 3.63) is 27.9 Å². The van der Waals surface area contributed by atoms with Gasteiger partial charge in [-0.15, -0.1) is 0 Å². The average Bonchev–Trinajstić information content (AvgIpc) is 3.01. The van der Waals surface area contributed by atoms with E-state index in [1.165, 1.54) is 0 Å². The molecule has 0 aromatic carbocycles. The van der Waals surface area contributed by atoms with Crippen LogP contribution in [0.2, 0.25) is 0 Å². The minimum atomic E-state index is -1.26. The van der Waals surface area contributed by atoms with E-state index in [2.05, 4.69) is 4.98 Å². The van der Waals surface area contributed by atoms with Crippen LogP contribution in [-0.2, 0) is 0 Å². The third kappa shape index (κ3) is 2.08. The van der Waals surface area contributed by atoms with Gasteiger partial charge in [-0.05, 0) is 22.7 Å². The van der Waals surface area contributed by atoms with Crippen molar-refractivity contribution >= 4 is 11.8 Å². The molecule has 0 radical (unpaired) electrons. The Balaban J connectivity index is 2.35. The fourth-order valence-electron chi connectivity index (χ4n) is 1.16. The molecule has 0 bridgehead atoms. The van der Waals surface area contributed by atoms with Crippen molar-refractivity contribution in [3.8, 4) is 5.75 Å². The number of ether oxygens (including phenoxy) is 1. The first kappa shape index (κ1) is 10.3. The van der Waals surface area contributed by atoms with Gasteiger partial charge >= 0.3 is 11.8 Å².